The molecule has 0 atom stereocenters. The van der Waals surface area contributed by atoms with E-state index in [1.54, 1.807) is 37.3 Å². The minimum absolute atomic E-state index is 0.193. The average molecular weight is 234 g/mol. The Morgan fingerprint density at radius 2 is 1.65 bits per heavy atom. The Morgan fingerprint density at radius 3 is 2.12 bits per heavy atom. The van der Waals surface area contributed by atoms with Gasteiger partial charge in [-0.05, 0) is 37.3 Å². The van der Waals surface area contributed by atoms with Gasteiger partial charge in [-0.1, -0.05) is 6.08 Å². The van der Waals surface area contributed by atoms with Crippen molar-refractivity contribution in [2.75, 3.05) is 17.7 Å². The van der Waals surface area contributed by atoms with Gasteiger partial charge in [0.05, 0.1) is 7.11 Å². The van der Waals surface area contributed by atoms with Crippen LogP contribution in [0, 0.1) is 0 Å². The first-order valence-electron chi connectivity index (χ1n) is 5.04. The minimum Gasteiger partial charge on any atom is -0.453 e. The Kier molecular flexibility index (Phi) is 4.75. The lowest BCUT2D eigenvalue weighted by atomic mass is 10.3. The standard InChI is InChI=1S/C12H14N2O3/c1-3-4-11(15)13-9-5-7-10(8-6-9)14-12(16)17-2/h3-8H,1-2H3,(H,13,15)(H,14,16). The van der Waals surface area contributed by atoms with Crippen molar-refractivity contribution in [1.29, 1.82) is 0 Å². The van der Waals surface area contributed by atoms with E-state index in [-0.39, 0.29) is 5.91 Å². The molecule has 0 spiro atoms. The second-order valence-electron chi connectivity index (χ2n) is 3.18. The zero-order chi connectivity index (χ0) is 12.7. The maximum atomic E-state index is 11.2. The van der Waals surface area contributed by atoms with E-state index in [1.807, 2.05) is 0 Å². The second kappa shape index (κ2) is 6.32. The van der Waals surface area contributed by atoms with Gasteiger partial charge in [-0.2, -0.15) is 0 Å². The number of carbonyl (C=O) groups excluding carboxylic acids is 2. The second-order valence-corrected chi connectivity index (χ2v) is 3.18. The van der Waals surface area contributed by atoms with Crippen LogP contribution in [0.4, 0.5) is 16.2 Å². The average Bonchev–Trinajstić information content (AvgIpc) is 2.32. The molecule has 17 heavy (non-hydrogen) atoms. The molecule has 2 amide bonds. The van der Waals surface area contributed by atoms with Crippen LogP contribution in [0.25, 0.3) is 0 Å². The summed E-state index contributed by atoms with van der Waals surface area (Å²) in [4.78, 5) is 22.2. The van der Waals surface area contributed by atoms with Crippen molar-refractivity contribution in [3.05, 3.63) is 36.4 Å². The van der Waals surface area contributed by atoms with E-state index in [2.05, 4.69) is 15.4 Å². The van der Waals surface area contributed by atoms with Crippen molar-refractivity contribution >= 4 is 23.4 Å². The molecular weight excluding hydrogens is 220 g/mol. The quantitative estimate of drug-likeness (QED) is 0.789. The van der Waals surface area contributed by atoms with Gasteiger partial charge in [0.15, 0.2) is 0 Å². The van der Waals surface area contributed by atoms with E-state index in [0.29, 0.717) is 11.4 Å². The molecule has 1 rings (SSSR count). The SMILES string of the molecule is CC=CC(=O)Nc1ccc(NC(=O)OC)cc1. The third-order valence-corrected chi connectivity index (χ3v) is 1.90. The molecule has 0 aliphatic carbocycles. The Hall–Kier alpha value is -2.30. The number of ether oxygens (including phenoxy) is 1. The van der Waals surface area contributed by atoms with Crippen LogP contribution in [0.3, 0.4) is 0 Å². The molecule has 1 aromatic rings. The molecule has 0 bridgehead atoms. The molecule has 5 nitrogen and oxygen atoms in total. The number of anilines is 2. The summed E-state index contributed by atoms with van der Waals surface area (Å²) in [6, 6.07) is 6.71. The van der Waals surface area contributed by atoms with Gasteiger partial charge in [-0.3, -0.25) is 10.1 Å². The fourth-order valence-corrected chi connectivity index (χ4v) is 1.14. The van der Waals surface area contributed by atoms with E-state index in [0.717, 1.165) is 0 Å². The van der Waals surface area contributed by atoms with E-state index in [4.69, 9.17) is 0 Å². The summed E-state index contributed by atoms with van der Waals surface area (Å²) in [5.41, 5.74) is 1.25. The van der Waals surface area contributed by atoms with E-state index < -0.39 is 6.09 Å². The predicted molar refractivity (Wildman–Crippen MR) is 65.9 cm³/mol. The molecule has 0 radical (unpaired) electrons. The molecule has 2 N–H and O–H groups in total. The number of allylic oxidation sites excluding steroid dienone is 1. The highest BCUT2D eigenvalue weighted by Gasteiger charge is 2.01. The number of nitrogens with one attached hydrogen (secondary N) is 2. The molecule has 0 fully saturated rings. The Labute approximate surface area is 99.5 Å². The van der Waals surface area contributed by atoms with Crippen LogP contribution in [-0.4, -0.2) is 19.1 Å². The molecule has 0 heterocycles. The van der Waals surface area contributed by atoms with Crippen LogP contribution in [0.1, 0.15) is 6.92 Å². The highest BCUT2D eigenvalue weighted by Crippen LogP contribution is 2.13. The smallest absolute Gasteiger partial charge is 0.411 e. The molecule has 5 heteroatoms. The first kappa shape index (κ1) is 12.8. The van der Waals surface area contributed by atoms with Crippen LogP contribution in [0.15, 0.2) is 36.4 Å². The first-order chi connectivity index (χ1) is 8.15. The highest BCUT2D eigenvalue weighted by atomic mass is 16.5. The number of benzene rings is 1. The number of amides is 2. The topological polar surface area (TPSA) is 67.4 Å². The van der Waals surface area contributed by atoms with Gasteiger partial charge in [-0.15, -0.1) is 0 Å². The van der Waals surface area contributed by atoms with Gasteiger partial charge in [0.1, 0.15) is 0 Å². The van der Waals surface area contributed by atoms with Crippen LogP contribution < -0.4 is 10.6 Å². The first-order valence-corrected chi connectivity index (χ1v) is 5.04. The molecule has 1 aromatic carbocycles. The molecular formula is C12H14N2O3. The monoisotopic (exact) mass is 234 g/mol. The van der Waals surface area contributed by atoms with Crippen molar-refractivity contribution < 1.29 is 14.3 Å². The summed E-state index contributed by atoms with van der Waals surface area (Å²) < 4.78 is 4.45. The zero-order valence-electron chi connectivity index (χ0n) is 9.69. The molecule has 0 aromatic heterocycles. The molecule has 0 aliphatic rings. The largest absolute Gasteiger partial charge is 0.453 e. The van der Waals surface area contributed by atoms with Crippen LogP contribution in [-0.2, 0) is 9.53 Å². The van der Waals surface area contributed by atoms with Crippen molar-refractivity contribution in [1.82, 2.24) is 0 Å². The maximum Gasteiger partial charge on any atom is 0.411 e. The van der Waals surface area contributed by atoms with Crippen molar-refractivity contribution in [2.45, 2.75) is 6.92 Å². The van der Waals surface area contributed by atoms with Gasteiger partial charge in [-0.25, -0.2) is 4.79 Å². The Bertz CT molecular complexity index is 424. The summed E-state index contributed by atoms with van der Waals surface area (Å²) in [6.07, 6.45) is 2.55. The van der Waals surface area contributed by atoms with E-state index in [1.165, 1.54) is 13.2 Å². The third-order valence-electron chi connectivity index (χ3n) is 1.90. The lowest BCUT2D eigenvalue weighted by Gasteiger charge is -2.05. The van der Waals surface area contributed by atoms with Gasteiger partial charge in [0, 0.05) is 11.4 Å². The highest BCUT2D eigenvalue weighted by molar-refractivity contribution is 5.99. The summed E-state index contributed by atoms with van der Waals surface area (Å²) >= 11 is 0. The molecule has 0 unspecified atom stereocenters. The molecule has 90 valence electrons. The van der Waals surface area contributed by atoms with Crippen LogP contribution >= 0.6 is 0 Å². The summed E-state index contributed by atoms with van der Waals surface area (Å²) in [6.45, 7) is 1.77. The normalized spacial score (nSPS) is 10.0. The van der Waals surface area contributed by atoms with Gasteiger partial charge in [0.25, 0.3) is 0 Å². The van der Waals surface area contributed by atoms with E-state index >= 15 is 0 Å². The fraction of sp³-hybridized carbons (Fsp3) is 0.167. The minimum atomic E-state index is -0.532. The summed E-state index contributed by atoms with van der Waals surface area (Å²) in [5, 5.41) is 5.18. The van der Waals surface area contributed by atoms with Crippen molar-refractivity contribution in [2.24, 2.45) is 0 Å². The molecule has 0 saturated carbocycles. The van der Waals surface area contributed by atoms with Crippen LogP contribution in [0.2, 0.25) is 0 Å². The van der Waals surface area contributed by atoms with E-state index in [9.17, 15) is 9.59 Å². The third kappa shape index (κ3) is 4.38. The lowest BCUT2D eigenvalue weighted by Crippen LogP contribution is -2.11. The number of hydrogen-bond donors (Lipinski definition) is 2. The Morgan fingerprint density at radius 1 is 1.12 bits per heavy atom. The number of methoxy groups -OCH3 is 1. The predicted octanol–water partition coefficient (Wildman–Crippen LogP) is 2.38. The van der Waals surface area contributed by atoms with Gasteiger partial charge in [0.2, 0.25) is 5.91 Å². The fourth-order valence-electron chi connectivity index (χ4n) is 1.14. The van der Waals surface area contributed by atoms with Gasteiger partial charge >= 0.3 is 6.09 Å². The van der Waals surface area contributed by atoms with Gasteiger partial charge < -0.3 is 10.1 Å². The van der Waals surface area contributed by atoms with Crippen molar-refractivity contribution in [3.8, 4) is 0 Å². The molecule has 0 aliphatic heterocycles. The lowest BCUT2D eigenvalue weighted by molar-refractivity contribution is -0.111. The Balaban J connectivity index is 2.61. The maximum absolute atomic E-state index is 11.2. The molecule has 0 saturated heterocycles. The van der Waals surface area contributed by atoms with Crippen molar-refractivity contribution in [3.63, 3.8) is 0 Å². The van der Waals surface area contributed by atoms with Crippen LogP contribution in [0.5, 0.6) is 0 Å². The number of hydrogen-bond acceptors (Lipinski definition) is 3. The summed E-state index contributed by atoms with van der Waals surface area (Å²) in [7, 11) is 1.29. The number of rotatable bonds is 3. The number of carbonyl (C=O) groups is 2. The summed E-state index contributed by atoms with van der Waals surface area (Å²) in [5.74, 6) is -0.193. The zero-order valence-corrected chi connectivity index (χ0v) is 9.69.